The predicted octanol–water partition coefficient (Wildman–Crippen LogP) is 2.70. The molecular formula is C16H23N3O2. The number of aryl methyl sites for hydroxylation is 2. The summed E-state index contributed by atoms with van der Waals surface area (Å²) in [5.41, 5.74) is 5.98. The Bertz CT molecular complexity index is 580. The summed E-state index contributed by atoms with van der Waals surface area (Å²) < 4.78 is 5.86. The normalized spacial score (nSPS) is 11.0. The van der Waals surface area contributed by atoms with Gasteiger partial charge in [-0.2, -0.15) is 0 Å². The van der Waals surface area contributed by atoms with Crippen molar-refractivity contribution < 1.29 is 9.21 Å². The van der Waals surface area contributed by atoms with Crippen molar-refractivity contribution >= 4 is 17.5 Å². The molecule has 1 N–H and O–H groups in total. The molecule has 0 aliphatic heterocycles. The van der Waals surface area contributed by atoms with Crippen LogP contribution in [0.2, 0.25) is 0 Å². The first-order valence-electron chi connectivity index (χ1n) is 7.61. The fourth-order valence-electron chi connectivity index (χ4n) is 2.38. The van der Waals surface area contributed by atoms with Gasteiger partial charge in [0.25, 0.3) is 0 Å². The summed E-state index contributed by atoms with van der Waals surface area (Å²) in [5, 5.41) is 1.59. The number of carbonyl (C=O) groups is 1. The van der Waals surface area contributed by atoms with Gasteiger partial charge in [-0.05, 0) is 30.9 Å². The van der Waals surface area contributed by atoms with Crippen LogP contribution in [0.4, 0.5) is 0 Å². The van der Waals surface area contributed by atoms with E-state index in [0.717, 1.165) is 61.2 Å². The van der Waals surface area contributed by atoms with Crippen molar-refractivity contribution in [2.45, 2.75) is 39.5 Å². The SMILES string of the molecule is CCCc1nc2cccc(CCCN(C=O)NCC)c2o1. The topological polar surface area (TPSA) is 58.4 Å². The van der Waals surface area contributed by atoms with Crippen LogP contribution >= 0.6 is 0 Å². The second-order valence-corrected chi connectivity index (χ2v) is 5.04. The van der Waals surface area contributed by atoms with Crippen LogP contribution in [-0.2, 0) is 17.6 Å². The Morgan fingerprint density at radius 2 is 2.19 bits per heavy atom. The highest BCUT2D eigenvalue weighted by Gasteiger charge is 2.09. The number of oxazole rings is 1. The number of hydrogen-bond acceptors (Lipinski definition) is 4. The second kappa shape index (κ2) is 7.78. The number of hydrogen-bond donors (Lipinski definition) is 1. The van der Waals surface area contributed by atoms with Gasteiger partial charge in [0, 0.05) is 19.5 Å². The van der Waals surface area contributed by atoms with Gasteiger partial charge in [0.1, 0.15) is 5.52 Å². The van der Waals surface area contributed by atoms with Crippen molar-refractivity contribution in [3.8, 4) is 0 Å². The first kappa shape index (κ1) is 15.5. The predicted molar refractivity (Wildman–Crippen MR) is 82.8 cm³/mol. The quantitative estimate of drug-likeness (QED) is 0.569. The molecule has 21 heavy (non-hydrogen) atoms. The molecule has 0 aliphatic rings. The molecular weight excluding hydrogens is 266 g/mol. The van der Waals surface area contributed by atoms with Crippen molar-refractivity contribution in [2.75, 3.05) is 13.1 Å². The van der Waals surface area contributed by atoms with Crippen molar-refractivity contribution in [1.82, 2.24) is 15.4 Å². The third kappa shape index (κ3) is 4.04. The number of nitrogens with one attached hydrogen (secondary N) is 1. The highest BCUT2D eigenvalue weighted by atomic mass is 16.3. The molecule has 1 heterocycles. The van der Waals surface area contributed by atoms with Crippen LogP contribution in [0.1, 0.15) is 38.1 Å². The lowest BCUT2D eigenvalue weighted by atomic mass is 10.1. The summed E-state index contributed by atoms with van der Waals surface area (Å²) in [4.78, 5) is 15.4. The van der Waals surface area contributed by atoms with Crippen molar-refractivity contribution in [2.24, 2.45) is 0 Å². The molecule has 0 radical (unpaired) electrons. The van der Waals surface area contributed by atoms with Gasteiger partial charge in [-0.25, -0.2) is 10.4 Å². The smallest absolute Gasteiger partial charge is 0.223 e. The Hall–Kier alpha value is -1.88. The lowest BCUT2D eigenvalue weighted by molar-refractivity contribution is -0.120. The second-order valence-electron chi connectivity index (χ2n) is 5.04. The summed E-state index contributed by atoms with van der Waals surface area (Å²) in [5.74, 6) is 0.808. The largest absolute Gasteiger partial charge is 0.440 e. The maximum Gasteiger partial charge on any atom is 0.223 e. The van der Waals surface area contributed by atoms with E-state index < -0.39 is 0 Å². The van der Waals surface area contributed by atoms with Crippen molar-refractivity contribution in [3.63, 3.8) is 0 Å². The highest BCUT2D eigenvalue weighted by molar-refractivity contribution is 5.76. The standard InChI is InChI=1S/C16H23N3O2/c1-3-7-15-18-14-10-5-8-13(16(14)21-15)9-6-11-19(12-20)17-4-2/h5,8,10,12,17H,3-4,6-7,9,11H2,1-2H3. The molecule has 2 aromatic rings. The molecule has 114 valence electrons. The fraction of sp³-hybridized carbons (Fsp3) is 0.500. The highest BCUT2D eigenvalue weighted by Crippen LogP contribution is 2.22. The zero-order chi connectivity index (χ0) is 15.1. The van der Waals surface area contributed by atoms with Gasteiger partial charge in [0.05, 0.1) is 0 Å². The summed E-state index contributed by atoms with van der Waals surface area (Å²) in [6.07, 6.45) is 4.48. The summed E-state index contributed by atoms with van der Waals surface area (Å²) in [6.45, 7) is 5.52. The average molecular weight is 289 g/mol. The van der Waals surface area contributed by atoms with Crippen LogP contribution in [0.25, 0.3) is 11.1 Å². The van der Waals surface area contributed by atoms with E-state index in [-0.39, 0.29) is 0 Å². The molecule has 1 aromatic heterocycles. The molecule has 1 amide bonds. The number of amides is 1. The molecule has 0 fully saturated rings. The van der Waals surface area contributed by atoms with Crippen molar-refractivity contribution in [3.05, 3.63) is 29.7 Å². The zero-order valence-corrected chi connectivity index (χ0v) is 12.8. The van der Waals surface area contributed by atoms with Gasteiger partial charge in [0.2, 0.25) is 6.41 Å². The number of nitrogens with zero attached hydrogens (tertiary/aromatic N) is 2. The Labute approximate surface area is 125 Å². The maximum absolute atomic E-state index is 10.9. The molecule has 0 aliphatic carbocycles. The third-order valence-electron chi connectivity index (χ3n) is 3.34. The zero-order valence-electron chi connectivity index (χ0n) is 12.8. The molecule has 0 atom stereocenters. The molecule has 5 nitrogen and oxygen atoms in total. The van der Waals surface area contributed by atoms with Gasteiger partial charge in [-0.3, -0.25) is 9.80 Å². The molecule has 0 bridgehead atoms. The van der Waals surface area contributed by atoms with Crippen LogP contribution in [0.15, 0.2) is 22.6 Å². The number of fused-ring (bicyclic) bond motifs is 1. The monoisotopic (exact) mass is 289 g/mol. The molecule has 5 heteroatoms. The van der Waals surface area contributed by atoms with E-state index in [1.54, 1.807) is 5.01 Å². The van der Waals surface area contributed by atoms with Crippen LogP contribution in [0, 0.1) is 0 Å². The van der Waals surface area contributed by atoms with E-state index in [9.17, 15) is 4.79 Å². The van der Waals surface area contributed by atoms with E-state index >= 15 is 0 Å². The number of aromatic nitrogens is 1. The van der Waals surface area contributed by atoms with Gasteiger partial charge in [-0.1, -0.05) is 26.0 Å². The number of hydrazine groups is 1. The van der Waals surface area contributed by atoms with Crippen LogP contribution in [-0.4, -0.2) is 29.5 Å². The lowest BCUT2D eigenvalue weighted by Gasteiger charge is -2.16. The third-order valence-corrected chi connectivity index (χ3v) is 3.34. The number of para-hydroxylation sites is 1. The van der Waals surface area contributed by atoms with E-state index in [1.807, 2.05) is 19.1 Å². The minimum atomic E-state index is 0.684. The van der Waals surface area contributed by atoms with Crippen molar-refractivity contribution in [1.29, 1.82) is 0 Å². The summed E-state index contributed by atoms with van der Waals surface area (Å²) in [7, 11) is 0. The van der Waals surface area contributed by atoms with Gasteiger partial charge < -0.3 is 4.42 Å². The Kier molecular flexibility index (Phi) is 5.75. The van der Waals surface area contributed by atoms with Gasteiger partial charge in [0.15, 0.2) is 11.5 Å². The molecule has 0 saturated carbocycles. The Balaban J connectivity index is 2.02. The maximum atomic E-state index is 10.9. The first-order chi connectivity index (χ1) is 10.3. The van der Waals surface area contributed by atoms with Gasteiger partial charge in [-0.15, -0.1) is 0 Å². The number of benzene rings is 1. The first-order valence-corrected chi connectivity index (χ1v) is 7.61. The van der Waals surface area contributed by atoms with E-state index in [2.05, 4.69) is 23.4 Å². The Morgan fingerprint density at radius 3 is 2.90 bits per heavy atom. The molecule has 1 aromatic carbocycles. The van der Waals surface area contributed by atoms with Crippen LogP contribution in [0.3, 0.4) is 0 Å². The molecule has 0 unspecified atom stereocenters. The van der Waals surface area contributed by atoms with Gasteiger partial charge >= 0.3 is 0 Å². The Morgan fingerprint density at radius 1 is 1.33 bits per heavy atom. The fourth-order valence-corrected chi connectivity index (χ4v) is 2.38. The van der Waals surface area contributed by atoms with Crippen LogP contribution in [0.5, 0.6) is 0 Å². The van der Waals surface area contributed by atoms with E-state index in [0.29, 0.717) is 6.54 Å². The molecule has 0 spiro atoms. The summed E-state index contributed by atoms with van der Waals surface area (Å²) in [6, 6.07) is 6.07. The van der Waals surface area contributed by atoms with Crippen LogP contribution < -0.4 is 5.43 Å². The minimum Gasteiger partial charge on any atom is -0.440 e. The molecule has 2 rings (SSSR count). The lowest BCUT2D eigenvalue weighted by Crippen LogP contribution is -2.37. The molecule has 0 saturated heterocycles. The van der Waals surface area contributed by atoms with E-state index in [4.69, 9.17) is 4.42 Å². The summed E-state index contributed by atoms with van der Waals surface area (Å²) >= 11 is 0. The van der Waals surface area contributed by atoms with E-state index in [1.165, 1.54) is 0 Å². The number of carbonyl (C=O) groups excluding carboxylic acids is 1. The average Bonchev–Trinajstić information content (AvgIpc) is 2.90. The minimum absolute atomic E-state index is 0.684. The number of rotatable bonds is 9.